The van der Waals surface area contributed by atoms with Gasteiger partial charge in [-0.3, -0.25) is 9.59 Å². The van der Waals surface area contributed by atoms with Crippen molar-refractivity contribution in [1.29, 1.82) is 0 Å². The van der Waals surface area contributed by atoms with Crippen LogP contribution in [0.3, 0.4) is 0 Å². The summed E-state index contributed by atoms with van der Waals surface area (Å²) >= 11 is 12.0. The zero-order valence-corrected chi connectivity index (χ0v) is 23.5. The quantitative estimate of drug-likeness (QED) is 0.329. The van der Waals surface area contributed by atoms with Crippen molar-refractivity contribution < 1.29 is 22.8 Å². The highest BCUT2D eigenvalue weighted by Crippen LogP contribution is 2.24. The lowest BCUT2D eigenvalue weighted by atomic mass is 9.95. The summed E-state index contributed by atoms with van der Waals surface area (Å²) in [7, 11) is 0. The fourth-order valence-corrected chi connectivity index (χ4v) is 4.91. The van der Waals surface area contributed by atoms with Gasteiger partial charge in [0.1, 0.15) is 6.04 Å². The molecule has 4 atom stereocenters. The topological polar surface area (TPSA) is 73.5 Å². The van der Waals surface area contributed by atoms with Gasteiger partial charge in [-0.2, -0.15) is 13.2 Å². The number of nitrogens with one attached hydrogen (secondary N) is 3. The molecule has 1 unspecified atom stereocenters. The maximum Gasteiger partial charge on any atom is 0.403 e. The molecule has 1 aliphatic heterocycles. The Bertz CT molecular complexity index is 1100. The summed E-state index contributed by atoms with van der Waals surface area (Å²) in [5.74, 6) is -0.357. The van der Waals surface area contributed by atoms with Gasteiger partial charge >= 0.3 is 6.18 Å². The number of hydrogen-bond donors (Lipinski definition) is 3. The summed E-state index contributed by atoms with van der Waals surface area (Å²) in [5.41, 5.74) is 1.49. The van der Waals surface area contributed by atoms with Crippen LogP contribution in [0.1, 0.15) is 54.9 Å². The third kappa shape index (κ3) is 9.10. The van der Waals surface area contributed by atoms with E-state index in [-0.39, 0.29) is 48.3 Å². The van der Waals surface area contributed by atoms with Crippen molar-refractivity contribution in [2.45, 2.75) is 63.3 Å². The Morgan fingerprint density at radius 1 is 1.15 bits per heavy atom. The van der Waals surface area contributed by atoms with Crippen molar-refractivity contribution in [3.63, 3.8) is 0 Å². The summed E-state index contributed by atoms with van der Waals surface area (Å²) < 4.78 is 38.9. The molecular weight excluding hydrogens is 552 g/mol. The molecule has 39 heavy (non-hydrogen) atoms. The molecule has 2 aromatic rings. The summed E-state index contributed by atoms with van der Waals surface area (Å²) in [6.45, 7) is 4.34. The maximum atomic E-state index is 13.6. The number of halogens is 5. The molecule has 0 saturated carbocycles. The molecule has 1 heterocycles. The Morgan fingerprint density at radius 3 is 2.51 bits per heavy atom. The zero-order valence-electron chi connectivity index (χ0n) is 22.0. The van der Waals surface area contributed by atoms with Gasteiger partial charge in [0.15, 0.2) is 0 Å². The lowest BCUT2D eigenvalue weighted by Gasteiger charge is -2.29. The van der Waals surface area contributed by atoms with Gasteiger partial charge in [-0.05, 0) is 56.5 Å². The zero-order chi connectivity index (χ0) is 28.6. The summed E-state index contributed by atoms with van der Waals surface area (Å²) in [6, 6.07) is 11.9. The largest absolute Gasteiger partial charge is 0.403 e. The molecule has 3 rings (SSSR count). The maximum absolute atomic E-state index is 13.6. The molecule has 11 heteroatoms. The van der Waals surface area contributed by atoms with Crippen LogP contribution in [-0.4, -0.2) is 67.2 Å². The third-order valence-corrected chi connectivity index (χ3v) is 7.80. The molecule has 1 saturated heterocycles. The van der Waals surface area contributed by atoms with E-state index in [1.165, 1.54) is 6.07 Å². The molecule has 1 fully saturated rings. The van der Waals surface area contributed by atoms with Crippen LogP contribution in [0.15, 0.2) is 48.5 Å². The van der Waals surface area contributed by atoms with Crippen LogP contribution >= 0.6 is 23.2 Å². The first-order valence-electron chi connectivity index (χ1n) is 13.1. The van der Waals surface area contributed by atoms with E-state index in [1.807, 2.05) is 30.3 Å². The summed E-state index contributed by atoms with van der Waals surface area (Å²) in [4.78, 5) is 28.1. The van der Waals surface area contributed by atoms with Crippen LogP contribution < -0.4 is 16.0 Å². The predicted molar refractivity (Wildman–Crippen MR) is 148 cm³/mol. The first-order valence-corrected chi connectivity index (χ1v) is 13.9. The van der Waals surface area contributed by atoms with Gasteiger partial charge < -0.3 is 20.9 Å². The molecule has 2 amide bonds. The SMILES string of the molecule is CC[C@H](CN1CC[C@@H](CNC(=O)c2ccc(Cl)c(Cl)c2)N[C@@H](CCNC(C)C(F)(F)F)C1=O)c1ccccc1. The number of carbonyl (C=O) groups excluding carboxylic acids is 2. The minimum atomic E-state index is -4.37. The first-order chi connectivity index (χ1) is 18.5. The van der Waals surface area contributed by atoms with E-state index in [1.54, 1.807) is 17.0 Å². The molecular formula is C28H35Cl2F3N4O2. The van der Waals surface area contributed by atoms with Gasteiger partial charge in [-0.25, -0.2) is 0 Å². The minimum absolute atomic E-state index is 0.0101. The standard InChI is InChI=1S/C28H35Cl2F3N4O2/c1-3-19(20-7-5-4-6-8-20)17-37-14-12-22(16-35-26(38)21-9-10-23(29)24(30)15-21)36-25(27(37)39)11-13-34-18(2)28(31,32)33/h4-10,15,18-19,22,25,34,36H,3,11-14,16-17H2,1-2H3,(H,35,38)/t18?,19-,22+,25+/m1/s1. The van der Waals surface area contributed by atoms with Gasteiger partial charge in [0, 0.05) is 37.2 Å². The van der Waals surface area contributed by atoms with Gasteiger partial charge in [0.05, 0.1) is 16.1 Å². The van der Waals surface area contributed by atoms with Crippen LogP contribution in [0.2, 0.25) is 10.0 Å². The molecule has 0 bridgehead atoms. The molecule has 0 radical (unpaired) electrons. The molecule has 0 aromatic heterocycles. The molecule has 0 spiro atoms. The molecule has 0 aliphatic carbocycles. The Morgan fingerprint density at radius 2 is 1.87 bits per heavy atom. The van der Waals surface area contributed by atoms with Crippen LogP contribution in [0.5, 0.6) is 0 Å². The van der Waals surface area contributed by atoms with E-state index in [0.717, 1.165) is 18.9 Å². The second kappa shape index (κ2) is 14.3. The summed E-state index contributed by atoms with van der Waals surface area (Å²) in [5, 5.41) is 9.24. The van der Waals surface area contributed by atoms with Crippen molar-refractivity contribution in [2.24, 2.45) is 0 Å². The number of hydrogen-bond acceptors (Lipinski definition) is 4. The van der Waals surface area contributed by atoms with Crippen molar-refractivity contribution in [2.75, 3.05) is 26.2 Å². The average molecular weight is 588 g/mol. The third-order valence-electron chi connectivity index (χ3n) is 7.06. The normalized spacial score (nSPS) is 19.9. The predicted octanol–water partition coefficient (Wildman–Crippen LogP) is 5.41. The molecule has 214 valence electrons. The van der Waals surface area contributed by atoms with Gasteiger partial charge in [0.2, 0.25) is 5.91 Å². The van der Waals surface area contributed by atoms with Crippen LogP contribution in [0, 0.1) is 0 Å². The van der Waals surface area contributed by atoms with Crippen LogP contribution in [-0.2, 0) is 4.79 Å². The summed E-state index contributed by atoms with van der Waals surface area (Å²) in [6.07, 6.45) is -2.79. The number of amides is 2. The minimum Gasteiger partial charge on any atom is -0.350 e. The first kappa shape index (κ1) is 31.2. The lowest BCUT2D eigenvalue weighted by Crippen LogP contribution is -2.51. The van der Waals surface area contributed by atoms with Crippen LogP contribution in [0.4, 0.5) is 13.2 Å². The Balaban J connectivity index is 1.70. The highest BCUT2D eigenvalue weighted by Gasteiger charge is 2.36. The molecule has 1 aliphatic rings. The van der Waals surface area contributed by atoms with Gasteiger partial charge in [-0.15, -0.1) is 0 Å². The van der Waals surface area contributed by atoms with E-state index in [9.17, 15) is 22.8 Å². The van der Waals surface area contributed by atoms with E-state index < -0.39 is 18.3 Å². The van der Waals surface area contributed by atoms with Gasteiger partial charge in [-0.1, -0.05) is 60.5 Å². The molecule has 3 N–H and O–H groups in total. The van der Waals surface area contributed by atoms with E-state index in [0.29, 0.717) is 30.1 Å². The Kier molecular flexibility index (Phi) is 11.5. The van der Waals surface area contributed by atoms with Gasteiger partial charge in [0.25, 0.3) is 5.91 Å². The fraction of sp³-hybridized carbons (Fsp3) is 0.500. The molecule has 2 aromatic carbocycles. The average Bonchev–Trinajstić information content (AvgIpc) is 3.05. The highest BCUT2D eigenvalue weighted by atomic mass is 35.5. The van der Waals surface area contributed by atoms with Crippen molar-refractivity contribution >= 4 is 35.0 Å². The Hall–Kier alpha value is -2.33. The van der Waals surface area contributed by atoms with Crippen LogP contribution in [0.25, 0.3) is 0 Å². The number of carbonyl (C=O) groups is 2. The highest BCUT2D eigenvalue weighted by molar-refractivity contribution is 6.42. The molecule has 6 nitrogen and oxygen atoms in total. The van der Waals surface area contributed by atoms with E-state index >= 15 is 0 Å². The van der Waals surface area contributed by atoms with E-state index in [4.69, 9.17) is 23.2 Å². The Labute approximate surface area is 237 Å². The van der Waals surface area contributed by atoms with Crippen molar-refractivity contribution in [3.8, 4) is 0 Å². The number of nitrogens with zero attached hydrogens (tertiary/aromatic N) is 1. The fourth-order valence-electron chi connectivity index (χ4n) is 4.61. The lowest BCUT2D eigenvalue weighted by molar-refractivity contribution is -0.151. The number of benzene rings is 2. The van der Waals surface area contributed by atoms with Crippen molar-refractivity contribution in [3.05, 3.63) is 69.7 Å². The smallest absolute Gasteiger partial charge is 0.350 e. The second-order valence-corrected chi connectivity index (χ2v) is 10.7. The monoisotopic (exact) mass is 586 g/mol. The second-order valence-electron chi connectivity index (χ2n) is 9.85. The number of rotatable bonds is 11. The van der Waals surface area contributed by atoms with E-state index in [2.05, 4.69) is 22.9 Å². The number of alkyl halides is 3. The van der Waals surface area contributed by atoms with Crippen molar-refractivity contribution in [1.82, 2.24) is 20.9 Å².